The van der Waals surface area contributed by atoms with Crippen LogP contribution in [0.5, 0.6) is 0 Å². The van der Waals surface area contributed by atoms with Crippen LogP contribution in [0.1, 0.15) is 20.8 Å². The molecule has 1 heterocycles. The fraction of sp³-hybridized carbons (Fsp3) is 0. The van der Waals surface area contributed by atoms with Crippen LogP contribution in [-0.2, 0) is 0 Å². The molecule has 1 aromatic heterocycles. The predicted molar refractivity (Wildman–Crippen MR) is 44.6 cm³/mol. The van der Waals surface area contributed by atoms with E-state index in [1.54, 1.807) is 0 Å². The van der Waals surface area contributed by atoms with Crippen molar-refractivity contribution in [2.75, 3.05) is 0 Å². The number of nitrogens with zero attached hydrogens (tertiary/aromatic N) is 1. The molecule has 0 aromatic carbocycles. The van der Waals surface area contributed by atoms with Gasteiger partial charge < -0.3 is 0 Å². The SMILES string of the molecule is O=C(Cl)c1ccnc(C(=O)Cl)c1. The van der Waals surface area contributed by atoms with Crippen LogP contribution in [0.3, 0.4) is 0 Å². The normalized spacial score (nSPS) is 9.50. The molecule has 0 fully saturated rings. The maximum absolute atomic E-state index is 10.6. The molecule has 0 radical (unpaired) electrons. The Balaban J connectivity index is 3.12. The molecule has 0 bridgehead atoms. The molecule has 0 aliphatic rings. The van der Waals surface area contributed by atoms with Crippen molar-refractivity contribution in [1.82, 2.24) is 4.98 Å². The Morgan fingerprint density at radius 2 is 1.92 bits per heavy atom. The minimum atomic E-state index is -0.713. The van der Waals surface area contributed by atoms with E-state index < -0.39 is 10.5 Å². The maximum Gasteiger partial charge on any atom is 0.270 e. The zero-order valence-corrected chi connectivity index (χ0v) is 7.26. The van der Waals surface area contributed by atoms with E-state index >= 15 is 0 Å². The standard InChI is InChI=1S/C7H3Cl2NO2/c8-6(11)4-1-2-10-5(3-4)7(9)12/h1-3H. The van der Waals surface area contributed by atoms with E-state index in [2.05, 4.69) is 4.98 Å². The highest BCUT2D eigenvalue weighted by Crippen LogP contribution is 2.06. The average molecular weight is 204 g/mol. The van der Waals surface area contributed by atoms with Crippen molar-refractivity contribution in [3.05, 3.63) is 29.6 Å². The Morgan fingerprint density at radius 3 is 2.42 bits per heavy atom. The van der Waals surface area contributed by atoms with Crippen molar-refractivity contribution in [2.45, 2.75) is 0 Å². The Morgan fingerprint density at radius 1 is 1.25 bits per heavy atom. The van der Waals surface area contributed by atoms with Crippen molar-refractivity contribution in [1.29, 1.82) is 0 Å². The largest absolute Gasteiger partial charge is 0.276 e. The molecule has 0 saturated heterocycles. The molecule has 62 valence electrons. The highest BCUT2D eigenvalue weighted by atomic mass is 35.5. The lowest BCUT2D eigenvalue weighted by Gasteiger charge is -1.94. The van der Waals surface area contributed by atoms with Gasteiger partial charge in [-0.25, -0.2) is 0 Å². The fourth-order valence-corrected chi connectivity index (χ4v) is 0.881. The summed E-state index contributed by atoms with van der Waals surface area (Å²) in [5.74, 6) is 0. The average Bonchev–Trinajstić information content (AvgIpc) is 2.04. The van der Waals surface area contributed by atoms with Crippen LogP contribution in [0.15, 0.2) is 18.3 Å². The van der Waals surface area contributed by atoms with Crippen LogP contribution in [0, 0.1) is 0 Å². The van der Waals surface area contributed by atoms with Gasteiger partial charge in [0.2, 0.25) is 0 Å². The van der Waals surface area contributed by atoms with E-state index in [1.165, 1.54) is 18.3 Å². The topological polar surface area (TPSA) is 47.0 Å². The van der Waals surface area contributed by atoms with Crippen LogP contribution in [0.4, 0.5) is 0 Å². The van der Waals surface area contributed by atoms with E-state index in [4.69, 9.17) is 23.2 Å². The highest BCUT2D eigenvalue weighted by Gasteiger charge is 2.07. The molecular formula is C7H3Cl2NO2. The van der Waals surface area contributed by atoms with E-state index in [1.807, 2.05) is 0 Å². The van der Waals surface area contributed by atoms with Crippen LogP contribution in [-0.4, -0.2) is 15.5 Å². The van der Waals surface area contributed by atoms with Crippen LogP contribution in [0.25, 0.3) is 0 Å². The van der Waals surface area contributed by atoms with Crippen LogP contribution in [0.2, 0.25) is 0 Å². The minimum Gasteiger partial charge on any atom is -0.276 e. The van der Waals surface area contributed by atoms with Crippen LogP contribution < -0.4 is 0 Å². The van der Waals surface area contributed by atoms with Gasteiger partial charge >= 0.3 is 0 Å². The summed E-state index contributed by atoms with van der Waals surface area (Å²) >= 11 is 10.3. The summed E-state index contributed by atoms with van der Waals surface area (Å²) in [6.45, 7) is 0. The van der Waals surface area contributed by atoms with E-state index in [0.717, 1.165) is 0 Å². The fourth-order valence-electron chi connectivity index (χ4n) is 0.660. The van der Waals surface area contributed by atoms with Gasteiger partial charge in [0.1, 0.15) is 5.69 Å². The quantitative estimate of drug-likeness (QED) is 0.690. The monoisotopic (exact) mass is 203 g/mol. The third-order valence-electron chi connectivity index (χ3n) is 1.19. The summed E-state index contributed by atoms with van der Waals surface area (Å²) in [6.07, 6.45) is 1.30. The smallest absolute Gasteiger partial charge is 0.270 e. The first-order valence-electron chi connectivity index (χ1n) is 2.97. The molecule has 1 rings (SSSR count). The lowest BCUT2D eigenvalue weighted by atomic mass is 10.2. The molecule has 3 nitrogen and oxygen atoms in total. The number of carbonyl (C=O) groups is 2. The zero-order valence-electron chi connectivity index (χ0n) is 5.75. The molecule has 12 heavy (non-hydrogen) atoms. The Kier molecular flexibility index (Phi) is 2.78. The summed E-state index contributed by atoms with van der Waals surface area (Å²) in [7, 11) is 0. The van der Waals surface area contributed by atoms with Gasteiger partial charge in [-0.15, -0.1) is 0 Å². The lowest BCUT2D eigenvalue weighted by Crippen LogP contribution is -1.97. The maximum atomic E-state index is 10.6. The molecule has 0 N–H and O–H groups in total. The summed E-state index contributed by atoms with van der Waals surface area (Å²) < 4.78 is 0. The molecule has 1 aromatic rings. The second kappa shape index (κ2) is 3.65. The first-order chi connectivity index (χ1) is 5.61. The van der Waals surface area contributed by atoms with Crippen molar-refractivity contribution >= 4 is 33.7 Å². The summed E-state index contributed by atoms with van der Waals surface area (Å²) in [4.78, 5) is 24.8. The second-order valence-corrected chi connectivity index (χ2v) is 2.66. The van der Waals surface area contributed by atoms with Gasteiger partial charge in [0, 0.05) is 11.8 Å². The summed E-state index contributed by atoms with van der Waals surface area (Å²) in [6, 6.07) is 2.64. The molecule has 0 aliphatic carbocycles. The Bertz CT molecular complexity index is 309. The third kappa shape index (κ3) is 2.03. The molecule has 0 spiro atoms. The van der Waals surface area contributed by atoms with Crippen LogP contribution >= 0.6 is 23.2 Å². The van der Waals surface area contributed by atoms with Crippen molar-refractivity contribution in [3.8, 4) is 0 Å². The summed E-state index contributed by atoms with van der Waals surface area (Å²) in [5.41, 5.74) is 0.221. The number of rotatable bonds is 2. The van der Waals surface area contributed by atoms with Crippen molar-refractivity contribution in [3.63, 3.8) is 0 Å². The predicted octanol–water partition coefficient (Wildman–Crippen LogP) is 1.84. The first-order valence-corrected chi connectivity index (χ1v) is 3.72. The number of hydrogen-bond acceptors (Lipinski definition) is 3. The van der Waals surface area contributed by atoms with Crippen molar-refractivity contribution < 1.29 is 9.59 Å². The second-order valence-electron chi connectivity index (χ2n) is 1.98. The molecule has 0 aliphatic heterocycles. The molecule has 0 unspecified atom stereocenters. The van der Waals surface area contributed by atoms with Gasteiger partial charge in [-0.3, -0.25) is 14.6 Å². The molecule has 0 saturated carbocycles. The highest BCUT2D eigenvalue weighted by molar-refractivity contribution is 6.68. The minimum absolute atomic E-state index is 0.0168. The third-order valence-corrected chi connectivity index (χ3v) is 1.60. The molecular weight excluding hydrogens is 201 g/mol. The first kappa shape index (κ1) is 9.16. The van der Waals surface area contributed by atoms with E-state index in [0.29, 0.717) is 0 Å². The van der Waals surface area contributed by atoms with Crippen molar-refractivity contribution in [2.24, 2.45) is 0 Å². The van der Waals surface area contributed by atoms with Gasteiger partial charge in [-0.1, -0.05) is 0 Å². The molecule has 0 atom stereocenters. The van der Waals surface area contributed by atoms with Gasteiger partial charge in [0.15, 0.2) is 0 Å². The van der Waals surface area contributed by atoms with E-state index in [9.17, 15) is 9.59 Å². The molecule has 5 heteroatoms. The van der Waals surface area contributed by atoms with E-state index in [-0.39, 0.29) is 11.3 Å². The number of carbonyl (C=O) groups excluding carboxylic acids is 2. The number of halogens is 2. The lowest BCUT2D eigenvalue weighted by molar-refractivity contribution is 0.107. The van der Waals surface area contributed by atoms with Gasteiger partial charge in [0.05, 0.1) is 0 Å². The van der Waals surface area contributed by atoms with Gasteiger partial charge in [0.25, 0.3) is 10.5 Å². The number of pyridine rings is 1. The van der Waals surface area contributed by atoms with Gasteiger partial charge in [-0.2, -0.15) is 0 Å². The Hall–Kier alpha value is -0.930. The Labute approximate surface area is 78.3 Å². The zero-order chi connectivity index (χ0) is 9.14. The summed E-state index contributed by atoms with van der Waals surface area (Å²) in [5, 5.41) is -1.36. The van der Waals surface area contributed by atoms with Gasteiger partial charge in [-0.05, 0) is 35.3 Å². The number of aromatic nitrogens is 1. The molecule has 0 amide bonds. The number of hydrogen-bond donors (Lipinski definition) is 0.